The molecule has 2 saturated carbocycles. The van der Waals surface area contributed by atoms with Gasteiger partial charge in [0, 0.05) is 23.7 Å². The van der Waals surface area contributed by atoms with Crippen LogP contribution in [-0.2, 0) is 9.59 Å². The number of hydrogen-bond acceptors (Lipinski definition) is 3. The van der Waals surface area contributed by atoms with Crippen LogP contribution in [0, 0.1) is 5.41 Å². The molecule has 2 aliphatic carbocycles. The quantitative estimate of drug-likeness (QED) is 0.697. The molecule has 1 aromatic carbocycles. The largest absolute Gasteiger partial charge is 0.481 e. The Hall–Kier alpha value is -2.37. The second-order valence-corrected chi connectivity index (χ2v) is 7.68. The number of aliphatic carboxylic acids is 1. The molecule has 0 atom stereocenters. The minimum Gasteiger partial charge on any atom is -0.481 e. The highest BCUT2D eigenvalue weighted by molar-refractivity contribution is 5.96. The van der Waals surface area contributed by atoms with Gasteiger partial charge in [-0.2, -0.15) is 0 Å². The van der Waals surface area contributed by atoms with Gasteiger partial charge in [-0.25, -0.2) is 0 Å². The first-order chi connectivity index (χ1) is 12.5. The van der Waals surface area contributed by atoms with E-state index < -0.39 is 11.4 Å². The second-order valence-electron chi connectivity index (χ2n) is 7.68. The number of carboxylic acid groups (broad SMARTS) is 1. The average molecular weight is 358 g/mol. The Morgan fingerprint density at radius 1 is 1.00 bits per heavy atom. The van der Waals surface area contributed by atoms with Gasteiger partial charge in [-0.3, -0.25) is 14.4 Å². The molecule has 0 aliphatic heterocycles. The van der Waals surface area contributed by atoms with E-state index in [4.69, 9.17) is 0 Å². The van der Waals surface area contributed by atoms with E-state index in [1.807, 2.05) is 0 Å². The van der Waals surface area contributed by atoms with Crippen molar-refractivity contribution in [2.24, 2.45) is 5.41 Å². The zero-order valence-corrected chi connectivity index (χ0v) is 14.9. The normalized spacial score (nSPS) is 18.8. The summed E-state index contributed by atoms with van der Waals surface area (Å²) >= 11 is 0. The van der Waals surface area contributed by atoms with Crippen molar-refractivity contribution >= 4 is 23.5 Å². The van der Waals surface area contributed by atoms with E-state index in [1.165, 1.54) is 0 Å². The van der Waals surface area contributed by atoms with Crippen molar-refractivity contribution in [1.29, 1.82) is 0 Å². The number of benzene rings is 1. The summed E-state index contributed by atoms with van der Waals surface area (Å²) in [5.41, 5.74) is 0.766. The fraction of sp³-hybridized carbons (Fsp3) is 0.550. The third-order valence-electron chi connectivity index (χ3n) is 5.32. The Morgan fingerprint density at radius 3 is 2.23 bits per heavy atom. The van der Waals surface area contributed by atoms with E-state index in [0.29, 0.717) is 17.3 Å². The number of carboxylic acids is 1. The lowest BCUT2D eigenvalue weighted by Crippen LogP contribution is -2.32. The zero-order chi connectivity index (χ0) is 18.6. The van der Waals surface area contributed by atoms with Crippen molar-refractivity contribution in [3.63, 3.8) is 0 Å². The molecular weight excluding hydrogens is 332 g/mol. The van der Waals surface area contributed by atoms with Crippen LogP contribution < -0.4 is 10.6 Å². The van der Waals surface area contributed by atoms with Crippen LogP contribution in [0.25, 0.3) is 0 Å². The summed E-state index contributed by atoms with van der Waals surface area (Å²) < 4.78 is 0. The first-order valence-corrected chi connectivity index (χ1v) is 9.38. The molecule has 2 amide bonds. The molecule has 0 spiro atoms. The maximum absolute atomic E-state index is 12.5. The summed E-state index contributed by atoms with van der Waals surface area (Å²) in [4.78, 5) is 35.7. The molecule has 0 heterocycles. The third kappa shape index (κ3) is 5.07. The highest BCUT2D eigenvalue weighted by atomic mass is 16.4. The van der Waals surface area contributed by atoms with E-state index in [-0.39, 0.29) is 24.7 Å². The minimum absolute atomic E-state index is 0.0424. The molecule has 6 heteroatoms. The summed E-state index contributed by atoms with van der Waals surface area (Å²) in [5.74, 6) is -1.10. The molecule has 3 N–H and O–H groups in total. The van der Waals surface area contributed by atoms with Crippen LogP contribution in [0.1, 0.15) is 68.1 Å². The zero-order valence-electron chi connectivity index (χ0n) is 14.9. The van der Waals surface area contributed by atoms with E-state index >= 15 is 0 Å². The van der Waals surface area contributed by atoms with Gasteiger partial charge in [0.1, 0.15) is 0 Å². The molecule has 0 aromatic heterocycles. The lowest BCUT2D eigenvalue weighted by atomic mass is 9.69. The number of rotatable bonds is 7. The van der Waals surface area contributed by atoms with Crippen LogP contribution in [0.5, 0.6) is 0 Å². The Bertz CT molecular complexity index is 674. The molecule has 140 valence electrons. The number of hydrogen-bond donors (Lipinski definition) is 3. The molecule has 2 fully saturated rings. The van der Waals surface area contributed by atoms with Crippen LogP contribution in [0.15, 0.2) is 24.3 Å². The van der Waals surface area contributed by atoms with E-state index in [2.05, 4.69) is 10.6 Å². The van der Waals surface area contributed by atoms with E-state index in [0.717, 1.165) is 44.9 Å². The van der Waals surface area contributed by atoms with Crippen molar-refractivity contribution < 1.29 is 19.5 Å². The van der Waals surface area contributed by atoms with Gasteiger partial charge in [-0.1, -0.05) is 19.3 Å². The van der Waals surface area contributed by atoms with Crippen molar-refractivity contribution in [1.82, 2.24) is 5.32 Å². The van der Waals surface area contributed by atoms with Gasteiger partial charge < -0.3 is 15.7 Å². The van der Waals surface area contributed by atoms with Crippen LogP contribution in [0.2, 0.25) is 0 Å². The van der Waals surface area contributed by atoms with Gasteiger partial charge in [-0.15, -0.1) is 0 Å². The highest BCUT2D eigenvalue weighted by Gasteiger charge is 2.36. The number of nitrogens with one attached hydrogen (secondary N) is 2. The average Bonchev–Trinajstić information content (AvgIpc) is 3.39. The SMILES string of the molecule is O=C(O)CC1(CC(=O)Nc2ccc(C(=O)NC3CC3)cc2)CCCCC1. The van der Waals surface area contributed by atoms with Crippen molar-refractivity contribution in [3.05, 3.63) is 29.8 Å². The monoisotopic (exact) mass is 358 g/mol. The third-order valence-corrected chi connectivity index (χ3v) is 5.32. The smallest absolute Gasteiger partial charge is 0.303 e. The molecule has 2 aliphatic rings. The maximum Gasteiger partial charge on any atom is 0.303 e. The van der Waals surface area contributed by atoms with Gasteiger partial charge in [0.25, 0.3) is 5.91 Å². The standard InChI is InChI=1S/C20H26N2O4/c23-17(12-20(13-18(24)25)10-2-1-3-11-20)21-15-6-4-14(5-7-15)19(26)22-16-8-9-16/h4-7,16H,1-3,8-13H2,(H,21,23)(H,22,26)(H,24,25). The van der Waals surface area contributed by atoms with Crippen LogP contribution >= 0.6 is 0 Å². The fourth-order valence-electron chi connectivity index (χ4n) is 3.79. The molecule has 3 rings (SSSR count). The summed E-state index contributed by atoms with van der Waals surface area (Å²) in [6.45, 7) is 0. The van der Waals surface area contributed by atoms with Crippen LogP contribution in [0.4, 0.5) is 5.69 Å². The predicted octanol–water partition coefficient (Wildman–Crippen LogP) is 3.33. The van der Waals surface area contributed by atoms with Crippen LogP contribution in [-0.4, -0.2) is 28.9 Å². The first-order valence-electron chi connectivity index (χ1n) is 9.38. The second kappa shape index (κ2) is 7.89. The summed E-state index contributed by atoms with van der Waals surface area (Å²) in [6, 6.07) is 7.12. The lowest BCUT2D eigenvalue weighted by molar-refractivity contribution is -0.140. The molecule has 6 nitrogen and oxygen atoms in total. The van der Waals surface area contributed by atoms with Gasteiger partial charge in [-0.05, 0) is 55.4 Å². The summed E-state index contributed by atoms with van der Waals surface area (Å²) in [6.07, 6.45) is 6.98. The molecule has 26 heavy (non-hydrogen) atoms. The molecule has 0 radical (unpaired) electrons. The molecular formula is C20H26N2O4. The molecule has 1 aromatic rings. The molecule has 0 saturated heterocycles. The summed E-state index contributed by atoms with van der Waals surface area (Å²) in [7, 11) is 0. The van der Waals surface area contributed by atoms with Gasteiger partial charge in [0.05, 0.1) is 6.42 Å². The van der Waals surface area contributed by atoms with E-state index in [9.17, 15) is 19.5 Å². The predicted molar refractivity (Wildman–Crippen MR) is 97.9 cm³/mol. The van der Waals surface area contributed by atoms with E-state index in [1.54, 1.807) is 24.3 Å². The first kappa shape index (κ1) is 18.4. The minimum atomic E-state index is -0.842. The Balaban J connectivity index is 1.57. The number of carbonyl (C=O) groups excluding carboxylic acids is 2. The summed E-state index contributed by atoms with van der Waals surface area (Å²) in [5, 5.41) is 15.0. The number of anilines is 1. The van der Waals surface area contributed by atoms with Crippen LogP contribution in [0.3, 0.4) is 0 Å². The highest BCUT2D eigenvalue weighted by Crippen LogP contribution is 2.42. The molecule has 0 bridgehead atoms. The number of amides is 2. The topological polar surface area (TPSA) is 95.5 Å². The Kier molecular flexibility index (Phi) is 5.59. The maximum atomic E-state index is 12.5. The van der Waals surface area contributed by atoms with Gasteiger partial charge in [0.2, 0.25) is 5.91 Å². The fourth-order valence-corrected chi connectivity index (χ4v) is 3.79. The Morgan fingerprint density at radius 2 is 1.65 bits per heavy atom. The van der Waals surface area contributed by atoms with Crippen molar-refractivity contribution in [3.8, 4) is 0 Å². The van der Waals surface area contributed by atoms with Gasteiger partial charge in [0.15, 0.2) is 0 Å². The lowest BCUT2D eigenvalue weighted by Gasteiger charge is -2.35. The molecule has 0 unspecified atom stereocenters. The van der Waals surface area contributed by atoms with Crippen molar-refractivity contribution in [2.75, 3.05) is 5.32 Å². The number of carbonyl (C=O) groups is 3. The van der Waals surface area contributed by atoms with Crippen molar-refractivity contribution in [2.45, 2.75) is 63.8 Å². The Labute approximate surface area is 153 Å². The van der Waals surface area contributed by atoms with Gasteiger partial charge >= 0.3 is 5.97 Å².